The van der Waals surface area contributed by atoms with E-state index in [2.05, 4.69) is 50.0 Å². The molecular formula is C15H21N. The molecule has 0 aliphatic heterocycles. The van der Waals surface area contributed by atoms with Gasteiger partial charge in [-0.25, -0.2) is 0 Å². The van der Waals surface area contributed by atoms with Gasteiger partial charge >= 0.3 is 0 Å². The van der Waals surface area contributed by atoms with Crippen molar-refractivity contribution in [3.05, 3.63) is 48.1 Å². The number of benzene rings is 1. The predicted molar refractivity (Wildman–Crippen MR) is 73.8 cm³/mol. The maximum Gasteiger partial charge on any atom is 0.0443 e. The van der Waals surface area contributed by atoms with Gasteiger partial charge in [0.2, 0.25) is 0 Å². The first-order chi connectivity index (χ1) is 7.74. The van der Waals surface area contributed by atoms with E-state index in [9.17, 15) is 0 Å². The van der Waals surface area contributed by atoms with Crippen LogP contribution < -0.4 is 5.32 Å². The van der Waals surface area contributed by atoms with Crippen molar-refractivity contribution in [1.29, 1.82) is 0 Å². The number of aryl methyl sites for hydroxylation is 1. The summed E-state index contributed by atoms with van der Waals surface area (Å²) in [6.07, 6.45) is 6.22. The Kier molecular flexibility index (Phi) is 4.84. The van der Waals surface area contributed by atoms with Gasteiger partial charge in [-0.3, -0.25) is 0 Å². The second-order valence-electron chi connectivity index (χ2n) is 3.93. The molecule has 0 spiro atoms. The number of anilines is 1. The number of hydrogen-bond acceptors (Lipinski definition) is 1. The first-order valence-electron chi connectivity index (χ1n) is 5.83. The first kappa shape index (κ1) is 12.6. The smallest absolute Gasteiger partial charge is 0.0443 e. The molecule has 1 N–H and O–H groups in total. The Morgan fingerprint density at radius 3 is 2.75 bits per heavy atom. The molecule has 0 bridgehead atoms. The second kappa shape index (κ2) is 6.16. The largest absolute Gasteiger partial charge is 0.387 e. The highest BCUT2D eigenvalue weighted by Crippen LogP contribution is 2.29. The minimum absolute atomic E-state index is 1.09. The Labute approximate surface area is 98.9 Å². The topological polar surface area (TPSA) is 12.0 Å². The maximum atomic E-state index is 3.79. The fourth-order valence-electron chi connectivity index (χ4n) is 1.99. The normalized spacial score (nSPS) is 11.3. The van der Waals surface area contributed by atoms with Crippen molar-refractivity contribution in [2.75, 3.05) is 12.4 Å². The molecule has 86 valence electrons. The Bertz CT molecular complexity index is 388. The van der Waals surface area contributed by atoms with Crippen LogP contribution in [0.4, 0.5) is 5.69 Å². The molecule has 16 heavy (non-hydrogen) atoms. The zero-order chi connectivity index (χ0) is 12.0. The summed E-state index contributed by atoms with van der Waals surface area (Å²) in [7, 11) is 1.98. The van der Waals surface area contributed by atoms with Crippen LogP contribution in [-0.2, 0) is 0 Å². The van der Waals surface area contributed by atoms with Crippen molar-refractivity contribution in [1.82, 2.24) is 0 Å². The first-order valence-corrected chi connectivity index (χ1v) is 5.83. The molecular weight excluding hydrogens is 194 g/mol. The van der Waals surface area contributed by atoms with Crippen LogP contribution in [0.1, 0.15) is 30.9 Å². The lowest BCUT2D eigenvalue weighted by Gasteiger charge is -2.14. The predicted octanol–water partition coefficient (Wildman–Crippen LogP) is 4.41. The van der Waals surface area contributed by atoms with Crippen molar-refractivity contribution in [2.24, 2.45) is 0 Å². The Hall–Kier alpha value is -1.50. The lowest BCUT2D eigenvalue weighted by atomic mass is 9.97. The van der Waals surface area contributed by atoms with Crippen LogP contribution in [0.25, 0.3) is 5.57 Å². The van der Waals surface area contributed by atoms with E-state index in [-0.39, 0.29) is 0 Å². The van der Waals surface area contributed by atoms with Crippen LogP contribution in [0.15, 0.2) is 36.9 Å². The zero-order valence-corrected chi connectivity index (χ0v) is 10.5. The molecule has 1 rings (SSSR count). The van der Waals surface area contributed by atoms with Crippen molar-refractivity contribution >= 4 is 11.3 Å². The minimum Gasteiger partial charge on any atom is -0.387 e. The van der Waals surface area contributed by atoms with E-state index < -0.39 is 0 Å². The summed E-state index contributed by atoms with van der Waals surface area (Å²) in [6, 6.07) is 6.41. The van der Waals surface area contributed by atoms with Gasteiger partial charge in [0.25, 0.3) is 0 Å². The SMILES string of the molecule is C=C/C=C(\CCC)c1cccc(C)c1NC. The maximum absolute atomic E-state index is 3.79. The molecule has 1 heteroatoms. The van der Waals surface area contributed by atoms with E-state index >= 15 is 0 Å². The fourth-order valence-corrected chi connectivity index (χ4v) is 1.99. The Morgan fingerprint density at radius 2 is 2.19 bits per heavy atom. The molecule has 1 aromatic rings. The summed E-state index contributed by atoms with van der Waals surface area (Å²) in [5, 5.41) is 3.29. The monoisotopic (exact) mass is 215 g/mol. The standard InChI is InChI=1S/C15H21N/c1-5-8-13(9-6-2)14-11-7-10-12(3)15(14)16-4/h5,7-8,10-11,16H,1,6,9H2,2-4H3/b13-8+. The third-order valence-corrected chi connectivity index (χ3v) is 2.71. The Balaban J connectivity index is 3.23. The van der Waals surface area contributed by atoms with Gasteiger partial charge in [0, 0.05) is 18.3 Å². The van der Waals surface area contributed by atoms with E-state index in [4.69, 9.17) is 0 Å². The van der Waals surface area contributed by atoms with Crippen molar-refractivity contribution in [3.8, 4) is 0 Å². The van der Waals surface area contributed by atoms with Crippen LogP contribution in [0.2, 0.25) is 0 Å². The lowest BCUT2D eigenvalue weighted by molar-refractivity contribution is 0.973. The molecule has 1 nitrogen and oxygen atoms in total. The summed E-state index contributed by atoms with van der Waals surface area (Å²) < 4.78 is 0. The van der Waals surface area contributed by atoms with Gasteiger partial charge < -0.3 is 5.32 Å². The number of allylic oxidation sites excluding steroid dienone is 3. The average Bonchev–Trinajstić information content (AvgIpc) is 2.28. The van der Waals surface area contributed by atoms with Gasteiger partial charge in [-0.05, 0) is 24.5 Å². The third-order valence-electron chi connectivity index (χ3n) is 2.71. The van der Waals surface area contributed by atoms with Crippen LogP contribution >= 0.6 is 0 Å². The van der Waals surface area contributed by atoms with Gasteiger partial charge in [0.15, 0.2) is 0 Å². The van der Waals surface area contributed by atoms with Crippen LogP contribution in [0.5, 0.6) is 0 Å². The van der Waals surface area contributed by atoms with E-state index in [1.807, 2.05) is 13.1 Å². The summed E-state index contributed by atoms with van der Waals surface area (Å²) >= 11 is 0. The fraction of sp³-hybridized carbons (Fsp3) is 0.333. The molecule has 0 heterocycles. The van der Waals surface area contributed by atoms with Crippen molar-refractivity contribution < 1.29 is 0 Å². The molecule has 0 amide bonds. The van der Waals surface area contributed by atoms with Crippen LogP contribution in [0, 0.1) is 6.92 Å². The van der Waals surface area contributed by atoms with E-state index in [1.54, 1.807) is 0 Å². The van der Waals surface area contributed by atoms with Gasteiger partial charge in [-0.2, -0.15) is 0 Å². The molecule has 1 aromatic carbocycles. The molecule has 0 atom stereocenters. The summed E-state index contributed by atoms with van der Waals surface area (Å²) in [5.41, 5.74) is 5.16. The van der Waals surface area contributed by atoms with Gasteiger partial charge in [-0.1, -0.05) is 50.3 Å². The van der Waals surface area contributed by atoms with Crippen molar-refractivity contribution in [3.63, 3.8) is 0 Å². The molecule has 0 aliphatic rings. The minimum atomic E-state index is 1.09. The third kappa shape index (κ3) is 2.75. The quantitative estimate of drug-likeness (QED) is 0.717. The highest BCUT2D eigenvalue weighted by atomic mass is 14.8. The lowest BCUT2D eigenvalue weighted by Crippen LogP contribution is -1.97. The van der Waals surface area contributed by atoms with Gasteiger partial charge in [0.05, 0.1) is 0 Å². The van der Waals surface area contributed by atoms with E-state index in [1.165, 1.54) is 22.4 Å². The van der Waals surface area contributed by atoms with Crippen LogP contribution in [-0.4, -0.2) is 7.05 Å². The summed E-state index contributed by atoms with van der Waals surface area (Å²) in [6.45, 7) is 8.12. The Morgan fingerprint density at radius 1 is 1.44 bits per heavy atom. The molecule has 0 fully saturated rings. The molecule has 0 radical (unpaired) electrons. The average molecular weight is 215 g/mol. The highest BCUT2D eigenvalue weighted by molar-refractivity contribution is 5.78. The molecule has 0 aromatic heterocycles. The molecule has 0 saturated carbocycles. The van der Waals surface area contributed by atoms with Gasteiger partial charge in [0.1, 0.15) is 0 Å². The molecule has 0 aliphatic carbocycles. The molecule has 0 saturated heterocycles. The number of nitrogens with one attached hydrogen (secondary N) is 1. The summed E-state index contributed by atoms with van der Waals surface area (Å²) in [5.74, 6) is 0. The zero-order valence-electron chi connectivity index (χ0n) is 10.5. The van der Waals surface area contributed by atoms with Gasteiger partial charge in [-0.15, -0.1) is 0 Å². The second-order valence-corrected chi connectivity index (χ2v) is 3.93. The highest BCUT2D eigenvalue weighted by Gasteiger charge is 2.07. The summed E-state index contributed by atoms with van der Waals surface area (Å²) in [4.78, 5) is 0. The van der Waals surface area contributed by atoms with Crippen molar-refractivity contribution in [2.45, 2.75) is 26.7 Å². The van der Waals surface area contributed by atoms with E-state index in [0.717, 1.165) is 12.8 Å². The molecule has 0 unspecified atom stereocenters. The number of rotatable bonds is 5. The van der Waals surface area contributed by atoms with Crippen LogP contribution in [0.3, 0.4) is 0 Å². The number of para-hydroxylation sites is 1. The number of hydrogen-bond donors (Lipinski definition) is 1. The van der Waals surface area contributed by atoms with E-state index in [0.29, 0.717) is 0 Å².